The maximum Gasteiger partial charge on any atom is 1.00 e. The second-order valence-electron chi connectivity index (χ2n) is 22.5. The van der Waals surface area contributed by atoms with Crippen LogP contribution in [0.25, 0.3) is 98.9 Å². The molecular formula is C82H55LiNOSi+. The van der Waals surface area contributed by atoms with Gasteiger partial charge in [-0.1, -0.05) is 291 Å². The molecule has 17 rings (SSSR count). The molecule has 2 nitrogen and oxygen atoms in total. The number of pyridine rings is 1. The molecule has 0 radical (unpaired) electrons. The van der Waals surface area contributed by atoms with Gasteiger partial charge in [-0.25, -0.2) is 4.98 Å². The molecule has 0 unspecified atom stereocenters. The van der Waals surface area contributed by atoms with Crippen LogP contribution in [0.2, 0.25) is 0 Å². The van der Waals surface area contributed by atoms with Gasteiger partial charge in [0.1, 0.15) is 0 Å². The fraction of sp³-hybridized carbons (Fsp3) is 0.0122. The molecule has 1 spiro atoms. The van der Waals surface area contributed by atoms with Crippen LogP contribution in [0, 0.1) is 0 Å². The predicted octanol–water partition coefficient (Wildman–Crippen LogP) is 13.6. The number of nitrogens with one attached hydrogen (secondary N) is 1. The minimum Gasteiger partial charge on any atom is -0.868 e. The number of H-pyrrole nitrogens is 1. The Hall–Kier alpha value is -10.1. The average molecular weight is 1110 g/mol. The summed E-state index contributed by atoms with van der Waals surface area (Å²) in [6, 6.07) is 119. The van der Waals surface area contributed by atoms with Gasteiger partial charge in [-0.3, -0.25) is 0 Å². The molecule has 1 heterocycles. The first kappa shape index (κ1) is 52.7. The van der Waals surface area contributed by atoms with Crippen molar-refractivity contribution in [1.29, 1.82) is 0 Å². The third-order valence-electron chi connectivity index (χ3n) is 18.3. The van der Waals surface area contributed by atoms with E-state index in [2.05, 4.69) is 296 Å². The summed E-state index contributed by atoms with van der Waals surface area (Å²) >= 11 is 0. The summed E-state index contributed by atoms with van der Waals surface area (Å²) in [5, 5.41) is 25.1. The van der Waals surface area contributed by atoms with Crippen LogP contribution < -0.4 is 49.7 Å². The summed E-state index contributed by atoms with van der Waals surface area (Å²) in [4.78, 5) is 2.91. The molecule has 0 fully saturated rings. The Kier molecular flexibility index (Phi) is 13.2. The van der Waals surface area contributed by atoms with Crippen LogP contribution in [-0.2, 0) is 5.41 Å². The molecule has 2 aliphatic rings. The quantitative estimate of drug-likeness (QED) is 0.0890. The molecule has 398 valence electrons. The first-order chi connectivity index (χ1) is 42.1. The minimum atomic E-state index is -2.89. The van der Waals surface area contributed by atoms with Crippen molar-refractivity contribution in [2.45, 2.75) is 5.41 Å². The third kappa shape index (κ3) is 8.12. The second kappa shape index (κ2) is 21.5. The molecule has 0 saturated heterocycles. The first-order valence-electron chi connectivity index (χ1n) is 29.4. The van der Waals surface area contributed by atoms with E-state index in [1.54, 1.807) is 18.3 Å². The summed E-state index contributed by atoms with van der Waals surface area (Å²) in [6.07, 6.45) is 1.75. The fourth-order valence-electron chi connectivity index (χ4n) is 14.8. The zero-order valence-electron chi connectivity index (χ0n) is 47.6. The van der Waals surface area contributed by atoms with Crippen LogP contribution in [-0.4, -0.2) is 8.07 Å². The number of hydrogen-bond donors (Lipinski definition) is 0. The summed E-state index contributed by atoms with van der Waals surface area (Å²) in [7, 11) is -2.89. The van der Waals surface area contributed by atoms with E-state index in [1.165, 1.54) is 131 Å². The molecular weight excluding hydrogens is 1050 g/mol. The summed E-state index contributed by atoms with van der Waals surface area (Å²) < 4.78 is 0. The average Bonchev–Trinajstić information content (AvgIpc) is 1.51. The molecule has 0 saturated carbocycles. The molecule has 15 aromatic rings. The Morgan fingerprint density at radius 3 is 1.31 bits per heavy atom. The van der Waals surface area contributed by atoms with Gasteiger partial charge in [-0.05, 0) is 161 Å². The van der Waals surface area contributed by atoms with E-state index in [0.717, 1.165) is 5.39 Å². The van der Waals surface area contributed by atoms with Gasteiger partial charge < -0.3 is 5.11 Å². The van der Waals surface area contributed by atoms with Crippen molar-refractivity contribution in [1.82, 2.24) is 0 Å². The maximum atomic E-state index is 11.1. The molecule has 4 heteroatoms. The van der Waals surface area contributed by atoms with E-state index < -0.39 is 13.5 Å². The van der Waals surface area contributed by atoms with Gasteiger partial charge in [0.05, 0.1) is 5.41 Å². The van der Waals surface area contributed by atoms with Gasteiger partial charge in [0.2, 0.25) is 5.52 Å². The number of rotatable bonds is 7. The number of hydrogen-bond acceptors (Lipinski definition) is 1. The van der Waals surface area contributed by atoms with Gasteiger partial charge in [-0.2, -0.15) is 0 Å². The van der Waals surface area contributed by atoms with Gasteiger partial charge in [0.15, 0.2) is 14.3 Å². The molecule has 14 aromatic carbocycles. The Morgan fingerprint density at radius 2 is 0.721 bits per heavy atom. The molecule has 86 heavy (non-hydrogen) atoms. The fourth-order valence-corrected chi connectivity index (χ4v) is 19.5. The SMILES string of the molecule is [Li+].[O-]c1cccc2ccc[nH+]c12.c1ccc([Si](c2ccccc2)(c2ccccc2)c2ccc3c(c2)C2(c4ccccc4-c4ccccc42)c2cc(-c4c5ccccc5c(-c5ccccc5-c5ccc6ccccc6c5)c5ccccc45)ccc2-3)cc1. The Morgan fingerprint density at radius 1 is 0.279 bits per heavy atom. The van der Waals surface area contributed by atoms with Gasteiger partial charge in [-0.15, -0.1) is 0 Å². The molecule has 0 atom stereocenters. The normalized spacial score (nSPS) is 12.5. The van der Waals surface area contributed by atoms with Crippen LogP contribution in [0.4, 0.5) is 0 Å². The second-order valence-corrected chi connectivity index (χ2v) is 26.4. The standard InChI is InChI=1S/C73H48Si.C9H7NO.Li/c1-4-24-53(25-5-1)74(54-26-6-2-7-27-54,55-28-8-3-9-29-55)56-43-45-61-60-44-42-52(47-69(60)73(70(61)48-56)67-38-20-18-31-58(67)59-32-19-21-39-68(59)73)71-63-34-14-16-36-65(63)72(66-37-17-15-35-64(66)71)62-33-13-12-30-57(62)51-41-40-49-22-10-11-23-50(49)46-51;11-8-5-1-3-7-4-2-6-10-9(7)8;/h1-48H;1-6,11H;/q;;+1. The zero-order valence-corrected chi connectivity index (χ0v) is 48.6. The van der Waals surface area contributed by atoms with Crippen LogP contribution in [0.1, 0.15) is 22.3 Å². The van der Waals surface area contributed by atoms with E-state index in [0.29, 0.717) is 5.52 Å². The van der Waals surface area contributed by atoms with Gasteiger partial charge >= 0.3 is 18.9 Å². The zero-order chi connectivity index (χ0) is 56.5. The van der Waals surface area contributed by atoms with Crippen molar-refractivity contribution in [3.05, 3.63) is 350 Å². The van der Waals surface area contributed by atoms with Crippen LogP contribution in [0.5, 0.6) is 5.75 Å². The molecule has 1 N–H and O–H groups in total. The largest absolute Gasteiger partial charge is 1.00 e. The number of aromatic nitrogens is 1. The van der Waals surface area contributed by atoms with E-state index in [4.69, 9.17) is 0 Å². The summed E-state index contributed by atoms with van der Waals surface area (Å²) in [5.74, 6) is 0.0445. The number of benzene rings is 14. The van der Waals surface area contributed by atoms with Gasteiger partial charge in [0, 0.05) is 11.5 Å². The van der Waals surface area contributed by atoms with E-state index in [1.807, 2.05) is 18.2 Å². The Balaban J connectivity index is 0.000000468. The van der Waals surface area contributed by atoms with Gasteiger partial charge in [0.25, 0.3) is 0 Å². The van der Waals surface area contributed by atoms with E-state index in [-0.39, 0.29) is 24.6 Å². The predicted molar refractivity (Wildman–Crippen MR) is 355 cm³/mol. The van der Waals surface area contributed by atoms with Crippen LogP contribution >= 0.6 is 0 Å². The van der Waals surface area contributed by atoms with E-state index in [9.17, 15) is 5.11 Å². The first-order valence-corrected chi connectivity index (χ1v) is 31.4. The van der Waals surface area contributed by atoms with E-state index >= 15 is 0 Å². The summed E-state index contributed by atoms with van der Waals surface area (Å²) in [6.45, 7) is 0. The minimum absolute atomic E-state index is 0. The number of aromatic amines is 1. The molecule has 1 aromatic heterocycles. The monoisotopic (exact) mass is 1100 g/mol. The van der Waals surface area contributed by atoms with Crippen LogP contribution in [0.15, 0.2) is 328 Å². The Labute approximate surface area is 514 Å². The molecule has 0 bridgehead atoms. The van der Waals surface area contributed by atoms with Crippen molar-refractivity contribution in [3.8, 4) is 61.4 Å². The summed E-state index contributed by atoms with van der Waals surface area (Å²) in [5.41, 5.74) is 18.1. The number of para-hydroxylation sites is 1. The van der Waals surface area contributed by atoms with Crippen molar-refractivity contribution >= 4 is 72.0 Å². The Bertz CT molecular complexity index is 4890. The van der Waals surface area contributed by atoms with Crippen molar-refractivity contribution in [2.75, 3.05) is 0 Å². The molecule has 2 aliphatic carbocycles. The maximum absolute atomic E-state index is 11.1. The van der Waals surface area contributed by atoms with Crippen molar-refractivity contribution in [2.24, 2.45) is 0 Å². The van der Waals surface area contributed by atoms with Crippen LogP contribution in [0.3, 0.4) is 0 Å². The molecule has 0 amide bonds. The smallest absolute Gasteiger partial charge is 0.868 e. The number of fused-ring (bicyclic) bond motifs is 14. The molecule has 0 aliphatic heterocycles. The van der Waals surface area contributed by atoms with Crippen molar-refractivity contribution in [3.63, 3.8) is 0 Å². The topological polar surface area (TPSA) is 37.2 Å². The third-order valence-corrected chi connectivity index (χ3v) is 23.1. The van der Waals surface area contributed by atoms with Crippen molar-refractivity contribution < 1.29 is 29.0 Å².